The molecule has 5 nitrogen and oxygen atoms in total. The number of para-hydroxylation sites is 2. The van der Waals surface area contributed by atoms with Crippen LogP contribution < -0.4 is 19.6 Å². The summed E-state index contributed by atoms with van der Waals surface area (Å²) >= 11 is 0. The van der Waals surface area contributed by atoms with Crippen molar-refractivity contribution in [3.05, 3.63) is 71.1 Å². The first kappa shape index (κ1) is 20.3. The Balaban J connectivity index is 2.17. The van der Waals surface area contributed by atoms with Crippen LogP contribution in [0.3, 0.4) is 0 Å². The maximum absolute atomic E-state index is 13.6. The van der Waals surface area contributed by atoms with Crippen molar-refractivity contribution in [3.63, 3.8) is 0 Å². The van der Waals surface area contributed by atoms with E-state index in [1.165, 1.54) is 36.4 Å². The molecule has 0 saturated carbocycles. The highest BCUT2D eigenvalue weighted by atomic mass is 19.4. The highest BCUT2D eigenvalue weighted by molar-refractivity contribution is 5.79. The minimum absolute atomic E-state index is 0.0302. The topological polar surface area (TPSA) is 57.9 Å². The van der Waals surface area contributed by atoms with Crippen LogP contribution in [0.4, 0.5) is 13.2 Å². The van der Waals surface area contributed by atoms with Gasteiger partial charge in [0.05, 0.1) is 12.0 Å². The molecule has 0 N–H and O–H groups in total. The second-order valence-corrected chi connectivity index (χ2v) is 5.83. The average Bonchev–Trinajstić information content (AvgIpc) is 2.69. The summed E-state index contributed by atoms with van der Waals surface area (Å²) in [5, 5.41) is -0.0761. The van der Waals surface area contributed by atoms with Gasteiger partial charge < -0.3 is 18.6 Å². The Morgan fingerprint density at radius 1 is 1.10 bits per heavy atom. The van der Waals surface area contributed by atoms with E-state index in [1.54, 1.807) is 19.1 Å². The van der Waals surface area contributed by atoms with Crippen molar-refractivity contribution in [3.8, 4) is 23.0 Å². The molecule has 0 aliphatic rings. The van der Waals surface area contributed by atoms with Gasteiger partial charge in [0.25, 0.3) is 5.76 Å². The summed E-state index contributed by atoms with van der Waals surface area (Å²) in [5.41, 5.74) is -1.23. The molecular weight excluding hydrogens is 389 g/mol. The molecule has 0 bridgehead atoms. The van der Waals surface area contributed by atoms with Crippen LogP contribution in [0, 0.1) is 0 Å². The molecule has 152 valence electrons. The van der Waals surface area contributed by atoms with Gasteiger partial charge in [0.1, 0.15) is 17.9 Å². The molecule has 1 heterocycles. The van der Waals surface area contributed by atoms with Gasteiger partial charge in [-0.2, -0.15) is 13.2 Å². The fourth-order valence-electron chi connectivity index (χ4n) is 2.60. The van der Waals surface area contributed by atoms with E-state index in [1.807, 2.05) is 0 Å². The Morgan fingerprint density at radius 2 is 1.83 bits per heavy atom. The number of halogens is 3. The van der Waals surface area contributed by atoms with E-state index < -0.39 is 23.1 Å². The van der Waals surface area contributed by atoms with Gasteiger partial charge in [-0.05, 0) is 31.2 Å². The number of ether oxygens (including phenoxy) is 3. The summed E-state index contributed by atoms with van der Waals surface area (Å²) in [6.07, 6.45) is -3.48. The van der Waals surface area contributed by atoms with Crippen LogP contribution in [0.15, 0.2) is 64.3 Å². The molecule has 1 aromatic heterocycles. The first-order valence-corrected chi connectivity index (χ1v) is 8.66. The van der Waals surface area contributed by atoms with Crippen LogP contribution in [0.25, 0.3) is 11.0 Å². The van der Waals surface area contributed by atoms with E-state index in [0.717, 1.165) is 0 Å². The van der Waals surface area contributed by atoms with Gasteiger partial charge in [-0.3, -0.25) is 4.79 Å². The number of fused-ring (bicyclic) bond motifs is 1. The summed E-state index contributed by atoms with van der Waals surface area (Å²) in [7, 11) is 0. The smallest absolute Gasteiger partial charge is 0.453 e. The van der Waals surface area contributed by atoms with Gasteiger partial charge in [-0.1, -0.05) is 24.8 Å². The fourth-order valence-corrected chi connectivity index (χ4v) is 2.60. The van der Waals surface area contributed by atoms with Crippen molar-refractivity contribution < 1.29 is 31.8 Å². The Labute approximate surface area is 163 Å². The lowest BCUT2D eigenvalue weighted by atomic mass is 10.2. The van der Waals surface area contributed by atoms with Gasteiger partial charge in [0.15, 0.2) is 11.5 Å². The Hall–Kier alpha value is -3.42. The van der Waals surface area contributed by atoms with Crippen molar-refractivity contribution in [2.45, 2.75) is 13.1 Å². The van der Waals surface area contributed by atoms with E-state index in [2.05, 4.69) is 6.58 Å². The van der Waals surface area contributed by atoms with Crippen molar-refractivity contribution in [1.82, 2.24) is 0 Å². The lowest BCUT2D eigenvalue weighted by Gasteiger charge is -2.15. The van der Waals surface area contributed by atoms with Crippen LogP contribution in [0.2, 0.25) is 0 Å². The minimum atomic E-state index is -4.96. The normalized spacial score (nSPS) is 11.3. The number of benzene rings is 2. The highest BCUT2D eigenvalue weighted by Gasteiger charge is 2.40. The average molecular weight is 406 g/mol. The van der Waals surface area contributed by atoms with Gasteiger partial charge in [0, 0.05) is 6.07 Å². The minimum Gasteiger partial charge on any atom is -0.490 e. The third-order valence-electron chi connectivity index (χ3n) is 3.81. The Bertz CT molecular complexity index is 1090. The maximum atomic E-state index is 13.6. The maximum Gasteiger partial charge on any atom is 0.453 e. The lowest BCUT2D eigenvalue weighted by Crippen LogP contribution is -2.15. The van der Waals surface area contributed by atoms with Crippen LogP contribution in [-0.4, -0.2) is 13.2 Å². The highest BCUT2D eigenvalue weighted by Crippen LogP contribution is 2.40. The molecule has 0 unspecified atom stereocenters. The summed E-state index contributed by atoms with van der Waals surface area (Å²) < 4.78 is 61.9. The van der Waals surface area contributed by atoms with Crippen LogP contribution in [-0.2, 0) is 6.18 Å². The summed E-state index contributed by atoms with van der Waals surface area (Å²) in [4.78, 5) is 12.8. The first-order chi connectivity index (χ1) is 13.8. The molecule has 0 radical (unpaired) electrons. The van der Waals surface area contributed by atoms with Crippen molar-refractivity contribution >= 4 is 11.0 Å². The molecule has 0 spiro atoms. The zero-order valence-electron chi connectivity index (χ0n) is 15.4. The molecule has 0 amide bonds. The van der Waals surface area contributed by atoms with Crippen LogP contribution in [0.1, 0.15) is 12.7 Å². The van der Waals surface area contributed by atoms with Crippen molar-refractivity contribution in [1.29, 1.82) is 0 Å². The monoisotopic (exact) mass is 406 g/mol. The molecule has 0 fully saturated rings. The standard InChI is InChI=1S/C21H17F3O5/c1-3-11-27-13-9-10-14-17(12-13)29-20(21(22,23)24)19(18(14)25)28-16-8-6-5-7-15(16)26-4-2/h3,5-10,12H,1,4,11H2,2H3. The fraction of sp³-hybridized carbons (Fsp3) is 0.190. The number of alkyl halides is 3. The quantitative estimate of drug-likeness (QED) is 0.480. The second kappa shape index (κ2) is 8.30. The van der Waals surface area contributed by atoms with Gasteiger partial charge >= 0.3 is 6.18 Å². The number of hydrogen-bond acceptors (Lipinski definition) is 5. The Morgan fingerprint density at radius 3 is 2.48 bits per heavy atom. The summed E-state index contributed by atoms with van der Waals surface area (Å²) in [6, 6.07) is 10.1. The Kier molecular flexibility index (Phi) is 5.81. The molecular formula is C21H17F3O5. The zero-order valence-corrected chi connectivity index (χ0v) is 15.4. The number of rotatable bonds is 7. The third-order valence-corrected chi connectivity index (χ3v) is 3.81. The molecule has 29 heavy (non-hydrogen) atoms. The molecule has 0 saturated heterocycles. The predicted molar refractivity (Wildman–Crippen MR) is 101 cm³/mol. The molecule has 3 aromatic rings. The second-order valence-electron chi connectivity index (χ2n) is 5.83. The van der Waals surface area contributed by atoms with Gasteiger partial charge in [0.2, 0.25) is 11.2 Å². The van der Waals surface area contributed by atoms with E-state index >= 15 is 0 Å². The largest absolute Gasteiger partial charge is 0.490 e. The summed E-state index contributed by atoms with van der Waals surface area (Å²) in [5.74, 6) is -2.09. The first-order valence-electron chi connectivity index (χ1n) is 8.66. The molecule has 3 rings (SSSR count). The van der Waals surface area contributed by atoms with E-state index in [9.17, 15) is 18.0 Å². The predicted octanol–water partition coefficient (Wildman–Crippen LogP) is 5.57. The molecule has 0 aliphatic heterocycles. The molecule has 0 atom stereocenters. The molecule has 8 heteroatoms. The van der Waals surface area contributed by atoms with E-state index in [-0.39, 0.29) is 41.4 Å². The molecule has 2 aromatic carbocycles. The van der Waals surface area contributed by atoms with E-state index in [4.69, 9.17) is 18.6 Å². The van der Waals surface area contributed by atoms with Crippen molar-refractivity contribution in [2.75, 3.05) is 13.2 Å². The van der Waals surface area contributed by atoms with E-state index in [0.29, 0.717) is 0 Å². The van der Waals surface area contributed by atoms with Gasteiger partial charge in [-0.15, -0.1) is 0 Å². The van der Waals surface area contributed by atoms with Crippen LogP contribution in [0.5, 0.6) is 23.0 Å². The van der Waals surface area contributed by atoms with Crippen molar-refractivity contribution in [2.24, 2.45) is 0 Å². The number of hydrogen-bond donors (Lipinski definition) is 0. The molecule has 0 aliphatic carbocycles. The zero-order chi connectivity index (χ0) is 21.0. The third kappa shape index (κ3) is 4.37. The van der Waals surface area contributed by atoms with Gasteiger partial charge in [-0.25, -0.2) is 0 Å². The lowest BCUT2D eigenvalue weighted by molar-refractivity contribution is -0.154. The van der Waals surface area contributed by atoms with Crippen LogP contribution >= 0.6 is 0 Å². The SMILES string of the molecule is C=CCOc1ccc2c(=O)c(Oc3ccccc3OCC)c(C(F)(F)F)oc2c1. The summed E-state index contributed by atoms with van der Waals surface area (Å²) in [6.45, 7) is 5.63.